The molecule has 82 valence electrons. The number of ether oxygens (including phenoxy) is 1. The third-order valence-electron chi connectivity index (χ3n) is 2.05. The number of carbonyl (C=O) groups is 1. The van der Waals surface area contributed by atoms with Crippen LogP contribution in [0.3, 0.4) is 0 Å². The Kier molecular flexibility index (Phi) is 4.48. The third kappa shape index (κ3) is 3.43. The molecule has 1 rings (SSSR count). The molecule has 0 spiro atoms. The molecule has 1 unspecified atom stereocenters. The highest BCUT2D eigenvalue weighted by Crippen LogP contribution is 2.21. The fourth-order valence-corrected chi connectivity index (χ4v) is 1.40. The predicted molar refractivity (Wildman–Crippen MR) is 63.9 cm³/mol. The van der Waals surface area contributed by atoms with Crippen LogP contribution in [0.1, 0.15) is 30.6 Å². The smallest absolute Gasteiger partial charge is 0.339 e. The average molecular weight is 245 g/mol. The van der Waals surface area contributed by atoms with Crippen molar-refractivity contribution in [2.75, 3.05) is 0 Å². The van der Waals surface area contributed by atoms with Crippen LogP contribution in [0.4, 0.5) is 0 Å². The summed E-state index contributed by atoms with van der Waals surface area (Å²) in [7, 11) is 0. The first kappa shape index (κ1) is 12.4. The molecule has 0 amide bonds. The molecule has 0 aliphatic heterocycles. The molecule has 0 aliphatic rings. The van der Waals surface area contributed by atoms with Crippen molar-refractivity contribution in [3.05, 3.63) is 28.8 Å². The summed E-state index contributed by atoms with van der Waals surface area (Å²) in [4.78, 5) is 12.3. The van der Waals surface area contributed by atoms with Crippen molar-refractivity contribution in [1.29, 1.82) is 0 Å². The van der Waals surface area contributed by atoms with Crippen LogP contribution in [-0.4, -0.2) is 12.1 Å². The van der Waals surface area contributed by atoms with Gasteiger partial charge in [0, 0.05) is 4.90 Å². The third-order valence-corrected chi connectivity index (χ3v) is 2.66. The van der Waals surface area contributed by atoms with Crippen molar-refractivity contribution in [1.82, 2.24) is 0 Å². The SMILES string of the molecule is CCC(C)OC(=O)c1cc(S)ccc1Cl. The van der Waals surface area contributed by atoms with E-state index >= 15 is 0 Å². The molecular formula is C11H13ClO2S. The van der Waals surface area contributed by atoms with E-state index < -0.39 is 5.97 Å². The van der Waals surface area contributed by atoms with Crippen LogP contribution < -0.4 is 0 Å². The molecule has 15 heavy (non-hydrogen) atoms. The summed E-state index contributed by atoms with van der Waals surface area (Å²) in [5.41, 5.74) is 0.365. The molecule has 1 atom stereocenters. The standard InChI is InChI=1S/C11H13ClO2S/c1-3-7(2)14-11(13)9-6-8(15)4-5-10(9)12/h4-7,15H,3H2,1-2H3. The highest BCUT2D eigenvalue weighted by Gasteiger charge is 2.14. The normalized spacial score (nSPS) is 12.3. The lowest BCUT2D eigenvalue weighted by Crippen LogP contribution is -2.14. The maximum atomic E-state index is 11.6. The van der Waals surface area contributed by atoms with Crippen LogP contribution in [0.2, 0.25) is 5.02 Å². The Morgan fingerprint density at radius 2 is 2.27 bits per heavy atom. The van der Waals surface area contributed by atoms with E-state index in [0.717, 1.165) is 6.42 Å². The van der Waals surface area contributed by atoms with E-state index in [9.17, 15) is 4.79 Å². The predicted octanol–water partition coefficient (Wildman–Crippen LogP) is 3.58. The summed E-state index contributed by atoms with van der Waals surface area (Å²) in [6.45, 7) is 3.80. The molecule has 0 bridgehead atoms. The molecular weight excluding hydrogens is 232 g/mol. The molecule has 0 heterocycles. The van der Waals surface area contributed by atoms with Crippen LogP contribution in [0.15, 0.2) is 23.1 Å². The second kappa shape index (κ2) is 5.42. The zero-order valence-corrected chi connectivity index (χ0v) is 10.3. The molecule has 0 N–H and O–H groups in total. The summed E-state index contributed by atoms with van der Waals surface area (Å²) in [6, 6.07) is 4.97. The number of thiol groups is 1. The highest BCUT2D eigenvalue weighted by atomic mass is 35.5. The zero-order valence-electron chi connectivity index (χ0n) is 8.66. The molecule has 4 heteroatoms. The Balaban J connectivity index is 2.86. The Morgan fingerprint density at radius 1 is 1.60 bits per heavy atom. The van der Waals surface area contributed by atoms with Crippen molar-refractivity contribution in [2.45, 2.75) is 31.3 Å². The Labute approximate surface area is 100.0 Å². The number of halogens is 1. The first-order chi connectivity index (χ1) is 7.04. The van der Waals surface area contributed by atoms with E-state index in [0.29, 0.717) is 15.5 Å². The quantitative estimate of drug-likeness (QED) is 0.650. The van der Waals surface area contributed by atoms with E-state index in [2.05, 4.69) is 12.6 Å². The molecule has 0 saturated heterocycles. The second-order valence-corrected chi connectivity index (χ2v) is 4.21. The van der Waals surface area contributed by atoms with Crippen molar-refractivity contribution < 1.29 is 9.53 Å². The average Bonchev–Trinajstić information content (AvgIpc) is 2.21. The Hall–Kier alpha value is -0.670. The summed E-state index contributed by atoms with van der Waals surface area (Å²) >= 11 is 10.0. The lowest BCUT2D eigenvalue weighted by atomic mass is 10.2. The van der Waals surface area contributed by atoms with Crippen molar-refractivity contribution in [2.24, 2.45) is 0 Å². The largest absolute Gasteiger partial charge is 0.459 e. The van der Waals surface area contributed by atoms with Crippen molar-refractivity contribution >= 4 is 30.2 Å². The van der Waals surface area contributed by atoms with Crippen LogP contribution in [0.25, 0.3) is 0 Å². The lowest BCUT2D eigenvalue weighted by Gasteiger charge is -2.11. The van der Waals surface area contributed by atoms with E-state index in [1.165, 1.54) is 0 Å². The maximum Gasteiger partial charge on any atom is 0.339 e. The van der Waals surface area contributed by atoms with Gasteiger partial charge in [0.2, 0.25) is 0 Å². The number of rotatable bonds is 3. The van der Waals surface area contributed by atoms with Gasteiger partial charge in [-0.15, -0.1) is 12.6 Å². The van der Waals surface area contributed by atoms with Crippen LogP contribution in [-0.2, 0) is 4.74 Å². The van der Waals surface area contributed by atoms with E-state index in [-0.39, 0.29) is 6.10 Å². The van der Waals surface area contributed by atoms with E-state index in [1.807, 2.05) is 13.8 Å². The minimum absolute atomic E-state index is 0.0999. The minimum atomic E-state index is -0.398. The molecule has 0 fully saturated rings. The molecule has 0 aliphatic carbocycles. The van der Waals surface area contributed by atoms with Gasteiger partial charge in [-0.25, -0.2) is 4.79 Å². The molecule has 0 aromatic heterocycles. The maximum absolute atomic E-state index is 11.6. The monoisotopic (exact) mass is 244 g/mol. The van der Waals surface area contributed by atoms with Gasteiger partial charge in [-0.1, -0.05) is 18.5 Å². The fraction of sp³-hybridized carbons (Fsp3) is 0.364. The molecule has 0 saturated carbocycles. The van der Waals surface area contributed by atoms with Gasteiger partial charge in [0.15, 0.2) is 0 Å². The number of benzene rings is 1. The van der Waals surface area contributed by atoms with Gasteiger partial charge in [-0.2, -0.15) is 0 Å². The van der Waals surface area contributed by atoms with Gasteiger partial charge < -0.3 is 4.74 Å². The fourth-order valence-electron chi connectivity index (χ4n) is 0.999. The Morgan fingerprint density at radius 3 is 2.87 bits per heavy atom. The minimum Gasteiger partial charge on any atom is -0.459 e. The van der Waals surface area contributed by atoms with Gasteiger partial charge in [0.25, 0.3) is 0 Å². The van der Waals surface area contributed by atoms with Crippen molar-refractivity contribution in [3.63, 3.8) is 0 Å². The Bertz CT molecular complexity index is 366. The number of carbonyl (C=O) groups excluding carboxylic acids is 1. The van der Waals surface area contributed by atoms with Gasteiger partial charge in [0.05, 0.1) is 16.7 Å². The number of hydrogen-bond acceptors (Lipinski definition) is 3. The van der Waals surface area contributed by atoms with Crippen molar-refractivity contribution in [3.8, 4) is 0 Å². The summed E-state index contributed by atoms with van der Waals surface area (Å²) < 4.78 is 5.16. The highest BCUT2D eigenvalue weighted by molar-refractivity contribution is 7.80. The first-order valence-electron chi connectivity index (χ1n) is 4.74. The van der Waals surface area contributed by atoms with E-state index in [4.69, 9.17) is 16.3 Å². The summed E-state index contributed by atoms with van der Waals surface area (Å²) in [5.74, 6) is -0.398. The number of hydrogen-bond donors (Lipinski definition) is 1. The number of esters is 1. The molecule has 1 aromatic rings. The van der Waals surface area contributed by atoms with Crippen LogP contribution >= 0.6 is 24.2 Å². The lowest BCUT2D eigenvalue weighted by molar-refractivity contribution is 0.0334. The first-order valence-corrected chi connectivity index (χ1v) is 5.56. The summed E-state index contributed by atoms with van der Waals surface area (Å²) in [5, 5.41) is 0.390. The zero-order chi connectivity index (χ0) is 11.4. The topological polar surface area (TPSA) is 26.3 Å². The van der Waals surface area contributed by atoms with Gasteiger partial charge in [-0.05, 0) is 31.5 Å². The van der Waals surface area contributed by atoms with Crippen LogP contribution in [0, 0.1) is 0 Å². The molecule has 0 radical (unpaired) electrons. The van der Waals surface area contributed by atoms with Gasteiger partial charge in [-0.3, -0.25) is 0 Å². The molecule has 1 aromatic carbocycles. The van der Waals surface area contributed by atoms with Crippen LogP contribution in [0.5, 0.6) is 0 Å². The molecule has 2 nitrogen and oxygen atoms in total. The second-order valence-electron chi connectivity index (χ2n) is 3.29. The van der Waals surface area contributed by atoms with E-state index in [1.54, 1.807) is 18.2 Å². The van der Waals surface area contributed by atoms with Gasteiger partial charge >= 0.3 is 5.97 Å². The summed E-state index contributed by atoms with van der Waals surface area (Å²) in [6.07, 6.45) is 0.682. The van der Waals surface area contributed by atoms with Gasteiger partial charge in [0.1, 0.15) is 0 Å².